The fourth-order valence-electron chi connectivity index (χ4n) is 4.94. The van der Waals surface area contributed by atoms with Crippen LogP contribution in [0.4, 0.5) is 4.39 Å². The Morgan fingerprint density at radius 2 is 1.77 bits per heavy atom. The normalized spacial score (nSPS) is 26.0. The maximum Gasteiger partial charge on any atom is 0.226 e. The third-order valence-electron chi connectivity index (χ3n) is 7.60. The van der Waals surface area contributed by atoms with Crippen LogP contribution in [-0.2, 0) is 14.9 Å². The Labute approximate surface area is 185 Å². The van der Waals surface area contributed by atoms with Crippen LogP contribution in [0.15, 0.2) is 36.2 Å². The van der Waals surface area contributed by atoms with E-state index < -0.39 is 0 Å². The number of rotatable bonds is 10. The molecule has 3 saturated carbocycles. The lowest BCUT2D eigenvalue weighted by Gasteiger charge is -2.52. The minimum Gasteiger partial charge on any atom is -0.489 e. The molecule has 0 aromatic heterocycles. The summed E-state index contributed by atoms with van der Waals surface area (Å²) < 4.78 is 23.7. The van der Waals surface area contributed by atoms with Gasteiger partial charge in [-0.1, -0.05) is 12.1 Å². The number of hydrogen-bond acceptors (Lipinski definition) is 4. The predicted molar refractivity (Wildman–Crippen MR) is 121 cm³/mol. The number of halogens is 1. The number of ether oxygens (including phenoxy) is 2. The van der Waals surface area contributed by atoms with Crippen LogP contribution < -0.4 is 15.8 Å². The molecule has 0 saturated heterocycles. The Morgan fingerprint density at radius 3 is 2.29 bits per heavy atom. The summed E-state index contributed by atoms with van der Waals surface area (Å²) in [7, 11) is 1.71. The Hall–Kier alpha value is -1.92. The molecule has 0 unspecified atom stereocenters. The van der Waals surface area contributed by atoms with Gasteiger partial charge in [-0.15, -0.1) is 0 Å². The number of nitrogens with one attached hydrogen (secondary N) is 1. The number of amides is 1. The number of benzene rings is 1. The van der Waals surface area contributed by atoms with E-state index in [1.807, 2.05) is 26.0 Å². The molecule has 0 heterocycles. The van der Waals surface area contributed by atoms with Crippen LogP contribution in [0.25, 0.3) is 0 Å². The topological polar surface area (TPSA) is 73.6 Å². The van der Waals surface area contributed by atoms with E-state index in [9.17, 15) is 9.18 Å². The van der Waals surface area contributed by atoms with Crippen molar-refractivity contribution in [2.45, 2.75) is 69.8 Å². The summed E-state index contributed by atoms with van der Waals surface area (Å²) in [6.45, 7) is 5.04. The highest BCUT2D eigenvalue weighted by Crippen LogP contribution is 2.57. The molecule has 0 radical (unpaired) electrons. The largest absolute Gasteiger partial charge is 0.489 e. The second kappa shape index (κ2) is 9.70. The second-order valence-corrected chi connectivity index (χ2v) is 9.81. The molecule has 1 aromatic rings. The molecule has 2 bridgehead atoms. The quantitative estimate of drug-likeness (QED) is 0.575. The van der Waals surface area contributed by atoms with Gasteiger partial charge in [-0.25, -0.2) is 4.39 Å². The molecule has 0 aliphatic heterocycles. The zero-order chi connectivity index (χ0) is 22.5. The molecule has 3 N–H and O–H groups in total. The molecule has 0 atom stereocenters. The summed E-state index contributed by atoms with van der Waals surface area (Å²) in [5.41, 5.74) is 6.94. The van der Waals surface area contributed by atoms with Crippen molar-refractivity contribution in [3.63, 3.8) is 0 Å². The van der Waals surface area contributed by atoms with E-state index >= 15 is 0 Å². The monoisotopic (exact) mass is 432 g/mol. The molecule has 5 nitrogen and oxygen atoms in total. The van der Waals surface area contributed by atoms with Crippen molar-refractivity contribution in [1.82, 2.24) is 5.32 Å². The first-order valence-electron chi connectivity index (χ1n) is 11.3. The highest BCUT2D eigenvalue weighted by Gasteiger charge is 2.52. The highest BCUT2D eigenvalue weighted by atomic mass is 19.1. The van der Waals surface area contributed by atoms with Gasteiger partial charge in [0.1, 0.15) is 12.4 Å². The van der Waals surface area contributed by atoms with Gasteiger partial charge in [0.05, 0.1) is 11.9 Å². The first kappa shape index (κ1) is 23.7. The number of fused-ring (bicyclic) bond motifs is 3. The number of methoxy groups -OCH3 is 1. The van der Waals surface area contributed by atoms with Crippen LogP contribution >= 0.6 is 0 Å². The molecule has 31 heavy (non-hydrogen) atoms. The van der Waals surface area contributed by atoms with Gasteiger partial charge < -0.3 is 20.5 Å². The maximum absolute atomic E-state index is 13.0. The molecule has 172 valence electrons. The zero-order valence-corrected chi connectivity index (χ0v) is 19.1. The molecule has 1 aromatic carbocycles. The van der Waals surface area contributed by atoms with Gasteiger partial charge in [-0.2, -0.15) is 0 Å². The molecule has 6 heteroatoms. The van der Waals surface area contributed by atoms with Crippen molar-refractivity contribution in [1.29, 1.82) is 0 Å². The molecule has 3 aliphatic rings. The van der Waals surface area contributed by atoms with Gasteiger partial charge in [0.15, 0.2) is 0 Å². The van der Waals surface area contributed by atoms with Gasteiger partial charge in [0, 0.05) is 31.2 Å². The Morgan fingerprint density at radius 1 is 1.16 bits per heavy atom. The zero-order valence-electron chi connectivity index (χ0n) is 19.1. The van der Waals surface area contributed by atoms with Crippen LogP contribution in [0.1, 0.15) is 64.4 Å². The van der Waals surface area contributed by atoms with Crippen molar-refractivity contribution in [3.05, 3.63) is 41.7 Å². The number of carbonyl (C=O) groups is 1. The molecule has 3 fully saturated rings. The summed E-state index contributed by atoms with van der Waals surface area (Å²) >= 11 is 0. The first-order valence-corrected chi connectivity index (χ1v) is 11.3. The van der Waals surface area contributed by atoms with Crippen molar-refractivity contribution in [3.8, 4) is 5.75 Å². The Kier molecular flexibility index (Phi) is 7.43. The molecule has 4 rings (SSSR count). The lowest BCUT2D eigenvalue weighted by molar-refractivity contribution is -0.138. The molecule has 0 spiro atoms. The van der Waals surface area contributed by atoms with Crippen molar-refractivity contribution >= 4 is 5.91 Å². The van der Waals surface area contributed by atoms with E-state index in [0.717, 1.165) is 44.9 Å². The summed E-state index contributed by atoms with van der Waals surface area (Å²) in [6.07, 6.45) is 7.23. The van der Waals surface area contributed by atoms with Crippen LogP contribution in [0, 0.1) is 5.41 Å². The van der Waals surface area contributed by atoms with Gasteiger partial charge in [0.25, 0.3) is 0 Å². The van der Waals surface area contributed by atoms with Crippen molar-refractivity contribution < 1.29 is 18.7 Å². The van der Waals surface area contributed by atoms with Gasteiger partial charge >= 0.3 is 0 Å². The molecular formula is C25H37FN2O3. The van der Waals surface area contributed by atoms with E-state index in [4.69, 9.17) is 15.2 Å². The average Bonchev–Trinajstić information content (AvgIpc) is 2.81. The Balaban J connectivity index is 1.56. The van der Waals surface area contributed by atoms with Crippen LogP contribution in [0.3, 0.4) is 0 Å². The first-order chi connectivity index (χ1) is 14.8. The third-order valence-corrected chi connectivity index (χ3v) is 7.60. The van der Waals surface area contributed by atoms with Gasteiger partial charge in [-0.3, -0.25) is 4.79 Å². The minimum atomic E-state index is -0.219. The predicted octanol–water partition coefficient (Wildman–Crippen LogP) is 4.40. The fourth-order valence-corrected chi connectivity index (χ4v) is 4.94. The van der Waals surface area contributed by atoms with Crippen LogP contribution in [0.5, 0.6) is 5.75 Å². The van der Waals surface area contributed by atoms with Crippen LogP contribution in [0.2, 0.25) is 0 Å². The van der Waals surface area contributed by atoms with E-state index in [2.05, 4.69) is 17.4 Å². The summed E-state index contributed by atoms with van der Waals surface area (Å²) in [4.78, 5) is 13.0. The SMILES string of the molecule is COC(C)(C)CCNC(=O)C12CCC(c3ccc(OC/C(=C/F)CN)cc3)(CC1)CC2. The summed E-state index contributed by atoms with van der Waals surface area (Å²) in [6, 6.07) is 8.16. The molecular weight excluding hydrogens is 395 g/mol. The Bertz CT molecular complexity index is 764. The minimum absolute atomic E-state index is 0.150. The standard InChI is InChI=1S/C25H37FN2O3/c1-23(2,30-3)14-15-28-22(29)25-11-8-24(9-12-25,10-13-25)20-4-6-21(7-5-20)31-18-19(16-26)17-27/h4-7,16H,8-15,17-18,27H2,1-3H3,(H,28,29)/b19-16+. The van der Waals surface area contributed by atoms with Crippen LogP contribution in [-0.4, -0.2) is 38.3 Å². The summed E-state index contributed by atoms with van der Waals surface area (Å²) in [5.74, 6) is 0.931. The molecule has 1 amide bonds. The van der Waals surface area contributed by atoms with Gasteiger partial charge in [0.2, 0.25) is 5.91 Å². The van der Waals surface area contributed by atoms with E-state index in [1.54, 1.807) is 7.11 Å². The van der Waals surface area contributed by atoms with Crippen molar-refractivity contribution in [2.75, 3.05) is 26.8 Å². The third kappa shape index (κ3) is 5.29. The number of carbonyl (C=O) groups excluding carboxylic acids is 1. The van der Waals surface area contributed by atoms with E-state index in [0.29, 0.717) is 24.2 Å². The lowest BCUT2D eigenvalue weighted by Crippen LogP contribution is -2.52. The number of hydrogen-bond donors (Lipinski definition) is 2. The highest BCUT2D eigenvalue weighted by molar-refractivity contribution is 5.83. The lowest BCUT2D eigenvalue weighted by atomic mass is 9.51. The average molecular weight is 433 g/mol. The maximum atomic E-state index is 13.0. The van der Waals surface area contributed by atoms with E-state index in [-0.39, 0.29) is 35.5 Å². The fraction of sp³-hybridized carbons (Fsp3) is 0.640. The van der Waals surface area contributed by atoms with Crippen molar-refractivity contribution in [2.24, 2.45) is 11.1 Å². The summed E-state index contributed by atoms with van der Waals surface area (Å²) in [5, 5.41) is 3.18. The van der Waals surface area contributed by atoms with E-state index in [1.165, 1.54) is 5.56 Å². The molecule has 3 aliphatic carbocycles. The second-order valence-electron chi connectivity index (χ2n) is 9.81. The van der Waals surface area contributed by atoms with Gasteiger partial charge in [-0.05, 0) is 81.9 Å². The smallest absolute Gasteiger partial charge is 0.226 e. The number of nitrogens with two attached hydrogens (primary N) is 1.